The highest BCUT2D eigenvalue weighted by atomic mass is 35.5. The standard InChI is InChI=1S/C16H13ClN2O2/c1-20-11-6-4-5-10(9-11)15-14(16(18)21-19-15)12-7-2-3-8-13(12)17/h2-9H,18H2,1H3. The first-order valence-corrected chi connectivity index (χ1v) is 6.73. The van der Waals surface area contributed by atoms with Gasteiger partial charge in [-0.05, 0) is 18.2 Å². The number of ether oxygens (including phenoxy) is 1. The molecule has 0 saturated heterocycles. The van der Waals surface area contributed by atoms with Crippen LogP contribution in [0.2, 0.25) is 5.02 Å². The molecule has 0 aliphatic heterocycles. The van der Waals surface area contributed by atoms with Gasteiger partial charge in [-0.25, -0.2) is 0 Å². The van der Waals surface area contributed by atoms with Gasteiger partial charge in [-0.3, -0.25) is 0 Å². The van der Waals surface area contributed by atoms with Crippen molar-refractivity contribution in [2.24, 2.45) is 0 Å². The molecule has 0 aliphatic carbocycles. The van der Waals surface area contributed by atoms with E-state index in [2.05, 4.69) is 5.16 Å². The minimum atomic E-state index is 0.237. The molecule has 0 atom stereocenters. The lowest BCUT2D eigenvalue weighted by Crippen LogP contribution is -1.89. The number of methoxy groups -OCH3 is 1. The van der Waals surface area contributed by atoms with E-state index in [9.17, 15) is 0 Å². The monoisotopic (exact) mass is 300 g/mol. The molecular formula is C16H13ClN2O2. The van der Waals surface area contributed by atoms with Crippen LogP contribution < -0.4 is 10.5 Å². The number of nitrogens with two attached hydrogens (primary N) is 1. The summed E-state index contributed by atoms with van der Waals surface area (Å²) in [5, 5.41) is 4.66. The van der Waals surface area contributed by atoms with Crippen LogP contribution in [0.5, 0.6) is 5.75 Å². The molecule has 1 aromatic heterocycles. The van der Waals surface area contributed by atoms with E-state index in [0.29, 0.717) is 16.3 Å². The molecule has 4 nitrogen and oxygen atoms in total. The van der Waals surface area contributed by atoms with E-state index in [1.807, 2.05) is 42.5 Å². The van der Waals surface area contributed by atoms with Gasteiger partial charge in [0, 0.05) is 16.1 Å². The maximum atomic E-state index is 6.26. The third-order valence-corrected chi connectivity index (χ3v) is 3.53. The second-order valence-corrected chi connectivity index (χ2v) is 4.89. The van der Waals surface area contributed by atoms with Crippen LogP contribution in [-0.2, 0) is 0 Å². The largest absolute Gasteiger partial charge is 0.497 e. The Kier molecular flexibility index (Phi) is 3.54. The van der Waals surface area contributed by atoms with Gasteiger partial charge in [0.15, 0.2) is 0 Å². The summed E-state index contributed by atoms with van der Waals surface area (Å²) in [6.45, 7) is 0. The van der Waals surface area contributed by atoms with E-state index in [0.717, 1.165) is 16.9 Å². The first-order valence-electron chi connectivity index (χ1n) is 6.35. The zero-order chi connectivity index (χ0) is 14.8. The van der Waals surface area contributed by atoms with Crippen LogP contribution in [0.15, 0.2) is 53.1 Å². The summed E-state index contributed by atoms with van der Waals surface area (Å²) < 4.78 is 10.4. The minimum Gasteiger partial charge on any atom is -0.497 e. The van der Waals surface area contributed by atoms with Gasteiger partial charge in [-0.1, -0.05) is 47.1 Å². The van der Waals surface area contributed by atoms with E-state index in [4.69, 9.17) is 26.6 Å². The number of halogens is 1. The Bertz CT molecular complexity index is 783. The summed E-state index contributed by atoms with van der Waals surface area (Å²) >= 11 is 6.26. The lowest BCUT2D eigenvalue weighted by molar-refractivity contribution is 0.415. The summed E-state index contributed by atoms with van der Waals surface area (Å²) in [6.07, 6.45) is 0. The molecule has 0 saturated carbocycles. The summed E-state index contributed by atoms with van der Waals surface area (Å²) in [6, 6.07) is 15.0. The van der Waals surface area contributed by atoms with Crippen LogP contribution in [0, 0.1) is 0 Å². The maximum Gasteiger partial charge on any atom is 0.230 e. The molecule has 2 N–H and O–H groups in total. The van der Waals surface area contributed by atoms with Crippen LogP contribution >= 0.6 is 11.6 Å². The van der Waals surface area contributed by atoms with Crippen LogP contribution in [0.25, 0.3) is 22.4 Å². The zero-order valence-electron chi connectivity index (χ0n) is 11.3. The van der Waals surface area contributed by atoms with Gasteiger partial charge < -0.3 is 15.0 Å². The van der Waals surface area contributed by atoms with Gasteiger partial charge in [0.05, 0.1) is 12.7 Å². The highest BCUT2D eigenvalue weighted by molar-refractivity contribution is 6.33. The summed E-state index contributed by atoms with van der Waals surface area (Å²) in [5.74, 6) is 0.972. The second kappa shape index (κ2) is 5.50. The van der Waals surface area contributed by atoms with Gasteiger partial charge in [-0.2, -0.15) is 0 Å². The van der Waals surface area contributed by atoms with Crippen molar-refractivity contribution in [3.8, 4) is 28.1 Å². The Hall–Kier alpha value is -2.46. The number of aromatic nitrogens is 1. The normalized spacial score (nSPS) is 10.6. The van der Waals surface area contributed by atoms with Crippen molar-refractivity contribution >= 4 is 17.5 Å². The van der Waals surface area contributed by atoms with Gasteiger partial charge in [-0.15, -0.1) is 0 Å². The average Bonchev–Trinajstić information content (AvgIpc) is 2.89. The van der Waals surface area contributed by atoms with Gasteiger partial charge in [0.25, 0.3) is 0 Å². The van der Waals surface area contributed by atoms with Crippen LogP contribution in [0.4, 0.5) is 5.88 Å². The molecule has 0 aliphatic rings. The van der Waals surface area contributed by atoms with E-state index < -0.39 is 0 Å². The molecule has 0 spiro atoms. The predicted octanol–water partition coefficient (Wildman–Crippen LogP) is 4.25. The molecule has 3 rings (SSSR count). The fourth-order valence-corrected chi connectivity index (χ4v) is 2.42. The zero-order valence-corrected chi connectivity index (χ0v) is 12.1. The number of rotatable bonds is 3. The predicted molar refractivity (Wildman–Crippen MR) is 83.3 cm³/mol. The highest BCUT2D eigenvalue weighted by Crippen LogP contribution is 2.39. The SMILES string of the molecule is COc1cccc(-c2noc(N)c2-c2ccccc2Cl)c1. The molecule has 0 fully saturated rings. The Morgan fingerprint density at radius 2 is 1.95 bits per heavy atom. The molecule has 2 aromatic carbocycles. The number of hydrogen-bond donors (Lipinski definition) is 1. The number of benzene rings is 2. The van der Waals surface area contributed by atoms with Crippen LogP contribution in [0.3, 0.4) is 0 Å². The summed E-state index contributed by atoms with van der Waals surface area (Å²) in [5.41, 5.74) is 8.90. The van der Waals surface area contributed by atoms with E-state index >= 15 is 0 Å². The maximum absolute atomic E-state index is 6.26. The first kappa shape index (κ1) is 13.5. The smallest absolute Gasteiger partial charge is 0.230 e. The molecule has 0 bridgehead atoms. The lowest BCUT2D eigenvalue weighted by Gasteiger charge is -2.06. The van der Waals surface area contributed by atoms with Crippen LogP contribution in [-0.4, -0.2) is 12.3 Å². The third kappa shape index (κ3) is 2.45. The van der Waals surface area contributed by atoms with E-state index in [-0.39, 0.29) is 5.88 Å². The van der Waals surface area contributed by atoms with Crippen molar-refractivity contribution in [2.45, 2.75) is 0 Å². The number of anilines is 1. The number of nitrogens with zero attached hydrogens (tertiary/aromatic N) is 1. The molecule has 0 radical (unpaired) electrons. The van der Waals surface area contributed by atoms with Crippen molar-refractivity contribution < 1.29 is 9.26 Å². The molecule has 0 amide bonds. The van der Waals surface area contributed by atoms with Gasteiger partial charge in [0.1, 0.15) is 11.4 Å². The van der Waals surface area contributed by atoms with Crippen molar-refractivity contribution in [3.05, 3.63) is 53.6 Å². The first-order chi connectivity index (χ1) is 10.2. The quantitative estimate of drug-likeness (QED) is 0.785. The Labute approximate surface area is 127 Å². The molecule has 1 heterocycles. The second-order valence-electron chi connectivity index (χ2n) is 4.48. The Morgan fingerprint density at radius 1 is 1.14 bits per heavy atom. The topological polar surface area (TPSA) is 61.3 Å². The van der Waals surface area contributed by atoms with Crippen LogP contribution in [0.1, 0.15) is 0 Å². The summed E-state index contributed by atoms with van der Waals surface area (Å²) in [4.78, 5) is 0. The molecule has 0 unspecified atom stereocenters. The fraction of sp³-hybridized carbons (Fsp3) is 0.0625. The van der Waals surface area contributed by atoms with E-state index in [1.165, 1.54) is 0 Å². The fourth-order valence-electron chi connectivity index (χ4n) is 2.19. The van der Waals surface area contributed by atoms with Gasteiger partial charge >= 0.3 is 0 Å². The van der Waals surface area contributed by atoms with Crippen molar-refractivity contribution in [2.75, 3.05) is 12.8 Å². The molecule has 3 aromatic rings. The van der Waals surface area contributed by atoms with Crippen molar-refractivity contribution in [1.82, 2.24) is 5.16 Å². The summed E-state index contributed by atoms with van der Waals surface area (Å²) in [7, 11) is 1.62. The Balaban J connectivity index is 2.20. The minimum absolute atomic E-state index is 0.237. The number of hydrogen-bond acceptors (Lipinski definition) is 4. The highest BCUT2D eigenvalue weighted by Gasteiger charge is 2.19. The van der Waals surface area contributed by atoms with Gasteiger partial charge in [0.2, 0.25) is 5.88 Å². The molecular weight excluding hydrogens is 288 g/mol. The third-order valence-electron chi connectivity index (χ3n) is 3.20. The van der Waals surface area contributed by atoms with Crippen molar-refractivity contribution in [1.29, 1.82) is 0 Å². The molecule has 5 heteroatoms. The van der Waals surface area contributed by atoms with E-state index in [1.54, 1.807) is 13.2 Å². The Morgan fingerprint density at radius 3 is 2.71 bits per heavy atom. The molecule has 106 valence electrons. The number of nitrogen functional groups attached to an aromatic ring is 1. The average molecular weight is 301 g/mol. The van der Waals surface area contributed by atoms with Crippen molar-refractivity contribution in [3.63, 3.8) is 0 Å². The lowest BCUT2D eigenvalue weighted by atomic mass is 10.0. The molecule has 21 heavy (non-hydrogen) atoms.